The topological polar surface area (TPSA) is 74.6 Å². The number of nitrogens with zero attached hydrogens (tertiary/aromatic N) is 2. The van der Waals surface area contributed by atoms with Crippen LogP contribution in [0.1, 0.15) is 27.8 Å². The maximum absolute atomic E-state index is 12.6. The summed E-state index contributed by atoms with van der Waals surface area (Å²) in [6.45, 7) is 3.72. The number of hydrogen-bond donors (Lipinski definition) is 1. The summed E-state index contributed by atoms with van der Waals surface area (Å²) in [6, 6.07) is 11.3. The van der Waals surface area contributed by atoms with Crippen molar-refractivity contribution < 1.29 is 19.0 Å². The van der Waals surface area contributed by atoms with Crippen molar-refractivity contribution in [3.8, 4) is 11.5 Å². The number of hydrogen-bond acceptors (Lipinski definition) is 5. The Bertz CT molecular complexity index is 1040. The number of carbonyl (C=O) groups excluding carboxylic acids is 1. The molecule has 0 bridgehead atoms. The van der Waals surface area contributed by atoms with Crippen LogP contribution in [0.2, 0.25) is 0 Å². The highest BCUT2D eigenvalue weighted by Crippen LogP contribution is 2.32. The molecule has 0 radical (unpaired) electrons. The fourth-order valence-electron chi connectivity index (χ4n) is 3.68. The molecule has 0 spiro atoms. The average molecular weight is 365 g/mol. The van der Waals surface area contributed by atoms with E-state index in [1.165, 1.54) is 0 Å². The summed E-state index contributed by atoms with van der Waals surface area (Å²) < 4.78 is 18.5. The molecule has 2 aliphatic rings. The van der Waals surface area contributed by atoms with E-state index in [1.807, 2.05) is 6.07 Å². The average Bonchev–Trinajstić information content (AvgIpc) is 3.30. The summed E-state index contributed by atoms with van der Waals surface area (Å²) in [5.74, 6) is 2.01. The molecular weight excluding hydrogens is 346 g/mol. The van der Waals surface area contributed by atoms with Crippen molar-refractivity contribution in [1.29, 1.82) is 0 Å². The van der Waals surface area contributed by atoms with Crippen LogP contribution in [0.25, 0.3) is 11.0 Å². The third-order valence-electron chi connectivity index (χ3n) is 5.03. The number of aryl methyl sites for hydroxylation is 1. The minimum Gasteiger partial charge on any atom is -0.454 e. The van der Waals surface area contributed by atoms with Crippen LogP contribution in [-0.2, 0) is 11.3 Å². The molecular formula is C20H19N3O4. The van der Waals surface area contributed by atoms with Crippen LogP contribution < -0.4 is 14.8 Å². The molecule has 0 saturated heterocycles. The number of imidazole rings is 1. The molecule has 0 aliphatic carbocycles. The van der Waals surface area contributed by atoms with E-state index in [0.717, 1.165) is 22.4 Å². The fourth-order valence-corrected chi connectivity index (χ4v) is 3.68. The van der Waals surface area contributed by atoms with E-state index < -0.39 is 0 Å². The highest BCUT2D eigenvalue weighted by atomic mass is 16.7. The number of para-hydroxylation sites is 1. The number of fused-ring (bicyclic) bond motifs is 4. The second-order valence-corrected chi connectivity index (χ2v) is 6.79. The van der Waals surface area contributed by atoms with Gasteiger partial charge in [-0.05, 0) is 36.8 Å². The summed E-state index contributed by atoms with van der Waals surface area (Å²) in [7, 11) is 0. The van der Waals surface area contributed by atoms with Gasteiger partial charge in [-0.1, -0.05) is 12.1 Å². The van der Waals surface area contributed by atoms with Gasteiger partial charge in [-0.3, -0.25) is 4.79 Å². The molecule has 0 unspecified atom stereocenters. The molecule has 2 aromatic carbocycles. The van der Waals surface area contributed by atoms with Gasteiger partial charge < -0.3 is 24.1 Å². The molecule has 27 heavy (non-hydrogen) atoms. The molecule has 5 rings (SSSR count). The van der Waals surface area contributed by atoms with Crippen molar-refractivity contribution in [2.75, 3.05) is 19.9 Å². The zero-order valence-electron chi connectivity index (χ0n) is 14.9. The van der Waals surface area contributed by atoms with Gasteiger partial charge in [-0.2, -0.15) is 0 Å². The molecule has 1 atom stereocenters. The van der Waals surface area contributed by atoms with E-state index in [2.05, 4.69) is 28.9 Å². The summed E-state index contributed by atoms with van der Waals surface area (Å²) >= 11 is 0. The number of rotatable bonds is 3. The summed E-state index contributed by atoms with van der Waals surface area (Å²) in [5.41, 5.74) is 3.75. The second-order valence-electron chi connectivity index (χ2n) is 6.79. The Morgan fingerprint density at radius 1 is 1.26 bits per heavy atom. The number of amides is 1. The van der Waals surface area contributed by atoms with Gasteiger partial charge in [0.1, 0.15) is 12.4 Å². The quantitative estimate of drug-likeness (QED) is 0.772. The number of ether oxygens (including phenoxy) is 3. The number of aromatic nitrogens is 2. The van der Waals surface area contributed by atoms with Crippen molar-refractivity contribution in [2.24, 2.45) is 0 Å². The van der Waals surface area contributed by atoms with Crippen LogP contribution in [0.5, 0.6) is 11.5 Å². The van der Waals surface area contributed by atoms with Gasteiger partial charge in [0.15, 0.2) is 11.5 Å². The predicted octanol–water partition coefficient (Wildman–Crippen LogP) is 2.57. The van der Waals surface area contributed by atoms with Crippen LogP contribution in [0.3, 0.4) is 0 Å². The van der Waals surface area contributed by atoms with Gasteiger partial charge in [-0.25, -0.2) is 4.98 Å². The third kappa shape index (κ3) is 2.71. The third-order valence-corrected chi connectivity index (χ3v) is 5.03. The lowest BCUT2D eigenvalue weighted by atomic mass is 10.1. The second kappa shape index (κ2) is 6.28. The molecule has 0 fully saturated rings. The molecule has 1 amide bonds. The summed E-state index contributed by atoms with van der Waals surface area (Å²) in [5, 5.41) is 3.01. The van der Waals surface area contributed by atoms with Gasteiger partial charge >= 0.3 is 0 Å². The molecule has 3 aromatic rings. The minimum absolute atomic E-state index is 0.00138. The van der Waals surface area contributed by atoms with Crippen molar-refractivity contribution >= 4 is 16.9 Å². The molecule has 7 heteroatoms. The Balaban J connectivity index is 1.37. The van der Waals surface area contributed by atoms with Crippen molar-refractivity contribution in [2.45, 2.75) is 19.6 Å². The lowest BCUT2D eigenvalue weighted by Gasteiger charge is -2.26. The summed E-state index contributed by atoms with van der Waals surface area (Å²) in [4.78, 5) is 17.3. The lowest BCUT2D eigenvalue weighted by molar-refractivity contribution is 0.0553. The van der Waals surface area contributed by atoms with Crippen LogP contribution in [0, 0.1) is 6.92 Å². The Labute approximate surface area is 155 Å². The molecule has 1 aromatic heterocycles. The number of carbonyl (C=O) groups is 1. The van der Waals surface area contributed by atoms with Crippen LogP contribution in [0.4, 0.5) is 0 Å². The first-order valence-electron chi connectivity index (χ1n) is 8.93. The predicted molar refractivity (Wildman–Crippen MR) is 98.1 cm³/mol. The first-order chi connectivity index (χ1) is 13.2. The molecule has 0 saturated carbocycles. The van der Waals surface area contributed by atoms with E-state index in [9.17, 15) is 4.79 Å². The Morgan fingerprint density at radius 2 is 2.15 bits per heavy atom. The van der Waals surface area contributed by atoms with Gasteiger partial charge in [0.25, 0.3) is 5.91 Å². The summed E-state index contributed by atoms with van der Waals surface area (Å²) in [6.07, 6.45) is 0. The zero-order valence-corrected chi connectivity index (χ0v) is 14.9. The highest BCUT2D eigenvalue weighted by Gasteiger charge is 2.25. The monoisotopic (exact) mass is 365 g/mol. The van der Waals surface area contributed by atoms with Gasteiger partial charge in [0.05, 0.1) is 23.7 Å². The number of nitrogens with one attached hydrogen (secondary N) is 1. The fraction of sp³-hybridized carbons (Fsp3) is 0.300. The van der Waals surface area contributed by atoms with Crippen molar-refractivity contribution in [3.63, 3.8) is 0 Å². The minimum atomic E-state index is -0.152. The Kier molecular flexibility index (Phi) is 3.75. The molecule has 1 N–H and O–H groups in total. The Morgan fingerprint density at radius 3 is 3.07 bits per heavy atom. The lowest BCUT2D eigenvalue weighted by Crippen LogP contribution is -2.35. The molecule has 2 aliphatic heterocycles. The van der Waals surface area contributed by atoms with E-state index in [4.69, 9.17) is 19.2 Å². The van der Waals surface area contributed by atoms with Gasteiger partial charge in [0.2, 0.25) is 6.79 Å². The smallest absolute Gasteiger partial charge is 0.251 e. The first-order valence-corrected chi connectivity index (χ1v) is 8.93. The van der Waals surface area contributed by atoms with Crippen LogP contribution in [-0.4, -0.2) is 35.4 Å². The molecule has 3 heterocycles. The van der Waals surface area contributed by atoms with Crippen molar-refractivity contribution in [1.82, 2.24) is 14.9 Å². The maximum Gasteiger partial charge on any atom is 0.251 e. The standard InChI is InChI=1S/C20H19N3O4/c1-12-3-2-4-15-19(12)22-18-10-25-9-14(23(15)18)8-21-20(24)13-5-6-16-17(7-13)27-11-26-16/h2-7,14H,8-11H2,1H3,(H,21,24)/t14-/m0/s1. The zero-order chi connectivity index (χ0) is 18.4. The highest BCUT2D eigenvalue weighted by molar-refractivity contribution is 5.95. The molecule has 7 nitrogen and oxygen atoms in total. The maximum atomic E-state index is 12.6. The van der Waals surface area contributed by atoms with E-state index in [1.54, 1.807) is 18.2 Å². The largest absolute Gasteiger partial charge is 0.454 e. The number of benzene rings is 2. The van der Waals surface area contributed by atoms with E-state index in [-0.39, 0.29) is 18.7 Å². The first kappa shape index (κ1) is 16.1. The normalized spacial score (nSPS) is 17.7. The van der Waals surface area contributed by atoms with E-state index >= 15 is 0 Å². The Hall–Kier alpha value is -3.06. The van der Waals surface area contributed by atoms with Crippen LogP contribution in [0.15, 0.2) is 36.4 Å². The van der Waals surface area contributed by atoms with E-state index in [0.29, 0.717) is 36.8 Å². The van der Waals surface area contributed by atoms with Crippen LogP contribution >= 0.6 is 0 Å². The van der Waals surface area contributed by atoms with Gasteiger partial charge in [0, 0.05) is 12.1 Å². The van der Waals surface area contributed by atoms with Gasteiger partial charge in [-0.15, -0.1) is 0 Å². The van der Waals surface area contributed by atoms with Crippen molar-refractivity contribution in [3.05, 3.63) is 53.3 Å². The molecule has 138 valence electrons. The SMILES string of the molecule is Cc1cccc2c1nc1n2[C@@H](CNC(=O)c2ccc3c(c2)OCO3)COC1.